The van der Waals surface area contributed by atoms with Crippen molar-refractivity contribution in [3.8, 4) is 0 Å². The Labute approximate surface area is 188 Å². The lowest BCUT2D eigenvalue weighted by Gasteiger charge is -2.19. The number of nitrogens with two attached hydrogens (primary N) is 1. The van der Waals surface area contributed by atoms with Gasteiger partial charge in [0.05, 0.1) is 5.39 Å². The molecule has 9 heteroatoms. The molecular weight excluding hydrogens is 408 g/mol. The topological polar surface area (TPSA) is 132 Å². The molecule has 0 bridgehead atoms. The molecule has 0 aromatic carbocycles. The van der Waals surface area contributed by atoms with Gasteiger partial charge in [-0.15, -0.1) is 0 Å². The zero-order chi connectivity index (χ0) is 23.3. The van der Waals surface area contributed by atoms with E-state index in [0.717, 1.165) is 19.3 Å². The average Bonchev–Trinajstić information content (AvgIpc) is 3.39. The number of hydrogen-bond acceptors (Lipinski definition) is 6. The molecule has 1 saturated carbocycles. The largest absolute Gasteiger partial charge is 0.354 e. The van der Waals surface area contributed by atoms with Crippen LogP contribution in [-0.2, 0) is 16.1 Å². The lowest BCUT2D eigenvalue weighted by atomic mass is 9.97. The number of ketones is 1. The molecule has 3 rings (SSSR count). The van der Waals surface area contributed by atoms with Gasteiger partial charge in [-0.1, -0.05) is 26.7 Å². The van der Waals surface area contributed by atoms with Crippen molar-refractivity contribution in [3.63, 3.8) is 0 Å². The van der Waals surface area contributed by atoms with Crippen molar-refractivity contribution in [2.75, 3.05) is 13.1 Å². The van der Waals surface area contributed by atoms with Gasteiger partial charge in [0.25, 0.3) is 0 Å². The maximum atomic E-state index is 12.8. The summed E-state index contributed by atoms with van der Waals surface area (Å²) in [6.07, 6.45) is 6.04. The van der Waals surface area contributed by atoms with Crippen LogP contribution in [0.15, 0.2) is 18.3 Å². The van der Waals surface area contributed by atoms with Crippen LogP contribution >= 0.6 is 0 Å². The van der Waals surface area contributed by atoms with Crippen LogP contribution in [0.1, 0.15) is 63.4 Å². The number of rotatable bonds is 12. The molecule has 0 saturated heterocycles. The third-order valence-electron chi connectivity index (χ3n) is 6.77. The van der Waals surface area contributed by atoms with Crippen LogP contribution in [0.25, 0.3) is 11.0 Å². The normalized spacial score (nSPS) is 17.7. The second-order valence-electron chi connectivity index (χ2n) is 8.70. The minimum absolute atomic E-state index is 0.134. The first-order valence-corrected chi connectivity index (χ1v) is 11.4. The maximum Gasteiger partial charge on any atom is 0.242 e. The summed E-state index contributed by atoms with van der Waals surface area (Å²) in [6, 6.07) is 2.81. The summed E-state index contributed by atoms with van der Waals surface area (Å²) in [5.74, 6) is -0.251. The van der Waals surface area contributed by atoms with Crippen LogP contribution < -0.4 is 16.4 Å². The van der Waals surface area contributed by atoms with Gasteiger partial charge in [-0.05, 0) is 49.3 Å². The van der Waals surface area contributed by atoms with Gasteiger partial charge in [0.2, 0.25) is 11.8 Å². The Morgan fingerprint density at radius 3 is 2.69 bits per heavy atom. The number of Topliss-reactive ketones (excluding diaryl/α,β-unsaturated/α-hetero) is 1. The van der Waals surface area contributed by atoms with E-state index in [9.17, 15) is 14.4 Å². The van der Waals surface area contributed by atoms with Crippen LogP contribution in [-0.4, -0.2) is 51.5 Å². The van der Waals surface area contributed by atoms with E-state index >= 15 is 0 Å². The van der Waals surface area contributed by atoms with Crippen molar-refractivity contribution in [3.05, 3.63) is 24.0 Å². The Bertz CT molecular complexity index is 981. The monoisotopic (exact) mass is 442 g/mol. The second kappa shape index (κ2) is 10.2. The van der Waals surface area contributed by atoms with Gasteiger partial charge in [-0.25, -0.2) is 9.67 Å². The number of amides is 2. The highest BCUT2D eigenvalue weighted by Crippen LogP contribution is 2.57. The second-order valence-corrected chi connectivity index (χ2v) is 8.70. The quantitative estimate of drug-likeness (QED) is 0.430. The molecule has 0 spiro atoms. The molecule has 9 nitrogen and oxygen atoms in total. The molecule has 1 fully saturated rings. The summed E-state index contributed by atoms with van der Waals surface area (Å²) in [7, 11) is 0. The van der Waals surface area contributed by atoms with Gasteiger partial charge < -0.3 is 16.4 Å². The number of nitrogens with one attached hydrogen (secondary N) is 2. The van der Waals surface area contributed by atoms with Gasteiger partial charge in [-0.3, -0.25) is 14.4 Å². The van der Waals surface area contributed by atoms with E-state index in [4.69, 9.17) is 5.73 Å². The summed E-state index contributed by atoms with van der Waals surface area (Å²) >= 11 is 0. The fourth-order valence-electron chi connectivity index (χ4n) is 4.53. The first kappa shape index (κ1) is 23.8. The first-order chi connectivity index (χ1) is 15.3. The predicted molar refractivity (Wildman–Crippen MR) is 122 cm³/mol. The fourth-order valence-corrected chi connectivity index (χ4v) is 4.53. The number of hydrogen-bond donors (Lipinski definition) is 3. The fraction of sp³-hybridized carbons (Fsp3) is 0.609. The molecule has 1 aliphatic carbocycles. The molecule has 0 radical (unpaired) electrons. The summed E-state index contributed by atoms with van der Waals surface area (Å²) in [4.78, 5) is 41.7. The SMILES string of the molecule is CCC1(CC)CC1CNC(=O)[C@H](CCCN)NC(=O)Cn1nc(C(C)=O)c2cccnc21. The molecule has 2 heterocycles. The molecule has 1 unspecified atom stereocenters. The molecule has 2 aromatic heterocycles. The van der Waals surface area contributed by atoms with E-state index in [1.807, 2.05) is 0 Å². The van der Waals surface area contributed by atoms with Crippen LogP contribution in [0.2, 0.25) is 0 Å². The van der Waals surface area contributed by atoms with Crippen LogP contribution in [0, 0.1) is 11.3 Å². The van der Waals surface area contributed by atoms with Crippen molar-refractivity contribution in [2.24, 2.45) is 17.1 Å². The minimum Gasteiger partial charge on any atom is -0.354 e. The standard InChI is InChI=1S/C23H34N6O3/c1-4-23(5-2)12-16(23)13-26-22(32)18(9-6-10-24)27-19(31)14-29-21-17(8-7-11-25-21)20(28-29)15(3)30/h7-8,11,16,18H,4-6,9-10,12-14,24H2,1-3H3,(H,26,32)(H,27,31)/t16?,18-/m0/s1. The van der Waals surface area contributed by atoms with Crippen molar-refractivity contribution in [1.29, 1.82) is 0 Å². The third kappa shape index (κ3) is 5.15. The lowest BCUT2D eigenvalue weighted by molar-refractivity contribution is -0.129. The number of nitrogens with zero attached hydrogens (tertiary/aromatic N) is 3. The molecule has 174 valence electrons. The molecule has 2 atom stereocenters. The van der Waals surface area contributed by atoms with E-state index in [1.165, 1.54) is 11.6 Å². The minimum atomic E-state index is -0.662. The maximum absolute atomic E-state index is 12.8. The first-order valence-electron chi connectivity index (χ1n) is 11.4. The zero-order valence-corrected chi connectivity index (χ0v) is 19.2. The molecule has 1 aliphatic rings. The van der Waals surface area contributed by atoms with Gasteiger partial charge in [0.1, 0.15) is 18.3 Å². The Kier molecular flexibility index (Phi) is 7.60. The summed E-state index contributed by atoms with van der Waals surface area (Å²) in [6.45, 7) is 6.75. The molecule has 2 amide bonds. The number of fused-ring (bicyclic) bond motifs is 1. The molecule has 2 aromatic rings. The van der Waals surface area contributed by atoms with Crippen molar-refractivity contribution < 1.29 is 14.4 Å². The van der Waals surface area contributed by atoms with Gasteiger partial charge >= 0.3 is 0 Å². The van der Waals surface area contributed by atoms with Gasteiger partial charge in [0.15, 0.2) is 11.4 Å². The summed E-state index contributed by atoms with van der Waals surface area (Å²) < 4.78 is 1.40. The number of carbonyl (C=O) groups excluding carboxylic acids is 3. The lowest BCUT2D eigenvalue weighted by Crippen LogP contribution is -2.48. The number of carbonyl (C=O) groups is 3. The summed E-state index contributed by atoms with van der Waals surface area (Å²) in [5, 5.41) is 10.7. The molecular formula is C23H34N6O3. The van der Waals surface area contributed by atoms with Crippen molar-refractivity contribution >= 4 is 28.6 Å². The summed E-state index contributed by atoms with van der Waals surface area (Å²) in [5.41, 5.74) is 6.72. The third-order valence-corrected chi connectivity index (χ3v) is 6.77. The smallest absolute Gasteiger partial charge is 0.242 e. The highest BCUT2D eigenvalue weighted by molar-refractivity contribution is 6.04. The van der Waals surface area contributed by atoms with E-state index in [1.54, 1.807) is 18.3 Å². The highest BCUT2D eigenvalue weighted by atomic mass is 16.2. The number of aromatic nitrogens is 3. The van der Waals surface area contributed by atoms with Gasteiger partial charge in [0, 0.05) is 19.7 Å². The van der Waals surface area contributed by atoms with E-state index in [2.05, 4.69) is 34.6 Å². The highest BCUT2D eigenvalue weighted by Gasteiger charge is 2.50. The van der Waals surface area contributed by atoms with Crippen LogP contribution in [0.4, 0.5) is 0 Å². The molecule has 0 aliphatic heterocycles. The zero-order valence-electron chi connectivity index (χ0n) is 19.2. The Hall–Kier alpha value is -2.81. The van der Waals surface area contributed by atoms with Crippen molar-refractivity contribution in [1.82, 2.24) is 25.4 Å². The van der Waals surface area contributed by atoms with E-state index in [0.29, 0.717) is 48.3 Å². The van der Waals surface area contributed by atoms with Crippen LogP contribution in [0.5, 0.6) is 0 Å². The van der Waals surface area contributed by atoms with Crippen molar-refractivity contribution in [2.45, 2.75) is 65.5 Å². The molecule has 32 heavy (non-hydrogen) atoms. The Morgan fingerprint density at radius 1 is 1.31 bits per heavy atom. The molecule has 4 N–H and O–H groups in total. The van der Waals surface area contributed by atoms with Gasteiger partial charge in [-0.2, -0.15) is 5.10 Å². The predicted octanol–water partition coefficient (Wildman–Crippen LogP) is 1.80. The average molecular weight is 443 g/mol. The Balaban J connectivity index is 1.64. The van der Waals surface area contributed by atoms with Crippen LogP contribution in [0.3, 0.4) is 0 Å². The van der Waals surface area contributed by atoms with E-state index < -0.39 is 6.04 Å². The van der Waals surface area contributed by atoms with E-state index in [-0.39, 0.29) is 29.8 Å². The number of pyridine rings is 1. The Morgan fingerprint density at radius 2 is 2.06 bits per heavy atom.